The van der Waals surface area contributed by atoms with Crippen LogP contribution in [0.15, 0.2) is 34.8 Å². The fraction of sp³-hybridized carbons (Fsp3) is 0.308. The molecular weight excluding hydrogens is 284 g/mol. The molecule has 0 saturated heterocycles. The van der Waals surface area contributed by atoms with Crippen LogP contribution in [0.1, 0.15) is 24.2 Å². The molecule has 0 atom stereocenters. The molecule has 92 valence electrons. The lowest BCUT2D eigenvalue weighted by molar-refractivity contribution is 0.0526. The normalized spacial score (nSPS) is 9.82. The molecule has 0 saturated carbocycles. The highest BCUT2D eigenvalue weighted by molar-refractivity contribution is 9.10. The van der Waals surface area contributed by atoms with E-state index in [4.69, 9.17) is 9.47 Å². The first-order valence-corrected chi connectivity index (χ1v) is 6.07. The van der Waals surface area contributed by atoms with Crippen molar-refractivity contribution in [2.24, 2.45) is 0 Å². The average molecular weight is 299 g/mol. The first kappa shape index (κ1) is 13.8. The molecule has 0 aliphatic carbocycles. The average Bonchev–Trinajstić information content (AvgIpc) is 2.27. The lowest BCUT2D eigenvalue weighted by Crippen LogP contribution is -2.05. The maximum atomic E-state index is 11.5. The zero-order chi connectivity index (χ0) is 12.8. The second-order valence-electron chi connectivity index (χ2n) is 3.61. The van der Waals surface area contributed by atoms with Crippen LogP contribution in [0.5, 0.6) is 5.75 Å². The first-order valence-electron chi connectivity index (χ1n) is 5.28. The van der Waals surface area contributed by atoms with Crippen molar-refractivity contribution in [3.63, 3.8) is 0 Å². The van der Waals surface area contributed by atoms with Gasteiger partial charge in [0, 0.05) is 0 Å². The topological polar surface area (TPSA) is 35.5 Å². The number of esters is 1. The molecule has 0 heterocycles. The van der Waals surface area contributed by atoms with Gasteiger partial charge >= 0.3 is 5.97 Å². The molecular formula is C13H15BrO3. The SMILES string of the molecule is C=C(C)COc1ccc(C(=O)OCC)cc1Br. The second-order valence-corrected chi connectivity index (χ2v) is 4.47. The fourth-order valence-electron chi connectivity index (χ4n) is 1.16. The highest BCUT2D eigenvalue weighted by atomic mass is 79.9. The van der Waals surface area contributed by atoms with E-state index in [0.29, 0.717) is 24.5 Å². The molecule has 3 nitrogen and oxygen atoms in total. The Bertz CT molecular complexity index is 427. The summed E-state index contributed by atoms with van der Waals surface area (Å²) in [6, 6.07) is 5.10. The first-order chi connectivity index (χ1) is 8.04. The number of carbonyl (C=O) groups is 1. The molecule has 1 rings (SSSR count). The summed E-state index contributed by atoms with van der Waals surface area (Å²) >= 11 is 3.35. The van der Waals surface area contributed by atoms with Crippen LogP contribution in [0.2, 0.25) is 0 Å². The predicted octanol–water partition coefficient (Wildman–Crippen LogP) is 3.58. The van der Waals surface area contributed by atoms with E-state index in [2.05, 4.69) is 22.5 Å². The number of hydrogen-bond donors (Lipinski definition) is 0. The van der Waals surface area contributed by atoms with Gasteiger partial charge in [-0.3, -0.25) is 0 Å². The summed E-state index contributed by atoms with van der Waals surface area (Å²) in [4.78, 5) is 11.5. The van der Waals surface area contributed by atoms with Gasteiger partial charge in [0.05, 0.1) is 16.6 Å². The van der Waals surface area contributed by atoms with Gasteiger partial charge in [-0.2, -0.15) is 0 Å². The van der Waals surface area contributed by atoms with Crippen LogP contribution in [-0.2, 0) is 4.74 Å². The van der Waals surface area contributed by atoms with Gasteiger partial charge in [-0.25, -0.2) is 4.79 Å². The Kier molecular flexibility index (Phi) is 5.22. The Hall–Kier alpha value is -1.29. The minimum Gasteiger partial charge on any atom is -0.488 e. The van der Waals surface area contributed by atoms with Crippen LogP contribution in [-0.4, -0.2) is 19.2 Å². The van der Waals surface area contributed by atoms with Crippen LogP contribution < -0.4 is 4.74 Å². The number of benzene rings is 1. The lowest BCUT2D eigenvalue weighted by atomic mass is 10.2. The van der Waals surface area contributed by atoms with Gasteiger partial charge in [-0.1, -0.05) is 6.58 Å². The van der Waals surface area contributed by atoms with Gasteiger partial charge in [0.2, 0.25) is 0 Å². The second kappa shape index (κ2) is 6.45. The summed E-state index contributed by atoms with van der Waals surface area (Å²) in [5, 5.41) is 0. The largest absolute Gasteiger partial charge is 0.488 e. The van der Waals surface area contributed by atoms with Gasteiger partial charge in [0.1, 0.15) is 12.4 Å². The highest BCUT2D eigenvalue weighted by Gasteiger charge is 2.09. The minimum absolute atomic E-state index is 0.334. The van der Waals surface area contributed by atoms with Crippen LogP contribution in [0.25, 0.3) is 0 Å². The van der Waals surface area contributed by atoms with Crippen molar-refractivity contribution in [1.82, 2.24) is 0 Å². The fourth-order valence-corrected chi connectivity index (χ4v) is 1.65. The Morgan fingerprint density at radius 1 is 1.47 bits per heavy atom. The number of ether oxygens (including phenoxy) is 2. The minimum atomic E-state index is -0.334. The van der Waals surface area contributed by atoms with E-state index in [-0.39, 0.29) is 5.97 Å². The van der Waals surface area contributed by atoms with Gasteiger partial charge < -0.3 is 9.47 Å². The number of hydrogen-bond acceptors (Lipinski definition) is 3. The van der Waals surface area contributed by atoms with Crippen molar-refractivity contribution in [3.05, 3.63) is 40.4 Å². The maximum Gasteiger partial charge on any atom is 0.338 e. The summed E-state index contributed by atoms with van der Waals surface area (Å²) in [6.07, 6.45) is 0. The van der Waals surface area contributed by atoms with Crippen molar-refractivity contribution in [3.8, 4) is 5.75 Å². The third-order valence-corrected chi connectivity index (χ3v) is 2.54. The van der Waals surface area contributed by atoms with Crippen molar-refractivity contribution in [2.75, 3.05) is 13.2 Å². The zero-order valence-corrected chi connectivity index (χ0v) is 11.5. The van der Waals surface area contributed by atoms with Crippen molar-refractivity contribution in [1.29, 1.82) is 0 Å². The van der Waals surface area contributed by atoms with Gasteiger partial charge in [-0.05, 0) is 53.5 Å². The lowest BCUT2D eigenvalue weighted by Gasteiger charge is -2.09. The van der Waals surface area contributed by atoms with Gasteiger partial charge in [-0.15, -0.1) is 0 Å². The highest BCUT2D eigenvalue weighted by Crippen LogP contribution is 2.26. The summed E-state index contributed by atoms with van der Waals surface area (Å²) in [7, 11) is 0. The molecule has 17 heavy (non-hydrogen) atoms. The zero-order valence-electron chi connectivity index (χ0n) is 9.96. The number of rotatable bonds is 5. The van der Waals surface area contributed by atoms with Crippen LogP contribution in [0, 0.1) is 0 Å². The summed E-state index contributed by atoms with van der Waals surface area (Å²) in [5.74, 6) is 0.348. The summed E-state index contributed by atoms with van der Waals surface area (Å²) < 4.78 is 11.1. The smallest absolute Gasteiger partial charge is 0.338 e. The molecule has 0 aliphatic rings. The Balaban J connectivity index is 2.78. The van der Waals surface area contributed by atoms with Crippen molar-refractivity contribution >= 4 is 21.9 Å². The monoisotopic (exact) mass is 298 g/mol. The molecule has 0 aliphatic heterocycles. The van der Waals surface area contributed by atoms with E-state index in [1.165, 1.54) is 0 Å². The van der Waals surface area contributed by atoms with E-state index in [0.717, 1.165) is 10.0 Å². The van der Waals surface area contributed by atoms with E-state index in [1.54, 1.807) is 25.1 Å². The Morgan fingerprint density at radius 3 is 2.71 bits per heavy atom. The standard InChI is InChI=1S/C13H15BrO3/c1-4-16-13(15)10-5-6-12(11(14)7-10)17-8-9(2)3/h5-7H,2,4,8H2,1,3H3. The quantitative estimate of drug-likeness (QED) is 0.616. The molecule has 4 heteroatoms. The van der Waals surface area contributed by atoms with Crippen molar-refractivity contribution < 1.29 is 14.3 Å². The van der Waals surface area contributed by atoms with Crippen LogP contribution in [0.4, 0.5) is 0 Å². The van der Waals surface area contributed by atoms with Gasteiger partial charge in [0.15, 0.2) is 0 Å². The molecule has 1 aromatic rings. The summed E-state index contributed by atoms with van der Waals surface area (Å²) in [5.41, 5.74) is 1.44. The van der Waals surface area contributed by atoms with Crippen LogP contribution in [0.3, 0.4) is 0 Å². The van der Waals surface area contributed by atoms with E-state index in [9.17, 15) is 4.79 Å². The molecule has 0 bridgehead atoms. The van der Waals surface area contributed by atoms with Gasteiger partial charge in [0.25, 0.3) is 0 Å². The molecule has 0 spiro atoms. The van der Waals surface area contributed by atoms with E-state index in [1.807, 2.05) is 6.92 Å². The van der Waals surface area contributed by atoms with E-state index >= 15 is 0 Å². The molecule has 0 aromatic heterocycles. The third-order valence-electron chi connectivity index (χ3n) is 1.92. The molecule has 1 aromatic carbocycles. The molecule has 0 N–H and O–H groups in total. The molecule has 0 fully saturated rings. The maximum absolute atomic E-state index is 11.5. The van der Waals surface area contributed by atoms with E-state index < -0.39 is 0 Å². The Labute approximate surface area is 110 Å². The molecule has 0 radical (unpaired) electrons. The van der Waals surface area contributed by atoms with Crippen LogP contribution >= 0.6 is 15.9 Å². The third kappa shape index (κ3) is 4.23. The number of carbonyl (C=O) groups excluding carboxylic acids is 1. The molecule has 0 amide bonds. The number of halogens is 1. The predicted molar refractivity (Wildman–Crippen MR) is 70.4 cm³/mol. The van der Waals surface area contributed by atoms with Crippen molar-refractivity contribution in [2.45, 2.75) is 13.8 Å². The molecule has 0 unspecified atom stereocenters. The summed E-state index contributed by atoms with van der Waals surface area (Å²) in [6.45, 7) is 8.24. The Morgan fingerprint density at radius 2 is 2.18 bits per heavy atom.